The first kappa shape index (κ1) is 20.0. The molecule has 150 valence electrons. The van der Waals surface area contributed by atoms with Crippen molar-refractivity contribution in [2.75, 3.05) is 6.26 Å². The zero-order valence-electron chi connectivity index (χ0n) is 15.8. The van der Waals surface area contributed by atoms with Gasteiger partial charge in [-0.1, -0.05) is 29.4 Å². The van der Waals surface area contributed by atoms with Gasteiger partial charge in [-0.3, -0.25) is 0 Å². The van der Waals surface area contributed by atoms with E-state index in [-0.39, 0.29) is 0 Å². The van der Waals surface area contributed by atoms with Crippen LogP contribution in [0, 0.1) is 0 Å². The SMILES string of the molecule is Cn1c(-c2ncco2)nc(C2=CC=C(S(C)(=O)=O)CC2)c1Sc1ccc(Cl)cc1. The lowest BCUT2D eigenvalue weighted by Gasteiger charge is -2.14. The Morgan fingerprint density at radius 2 is 1.93 bits per heavy atom. The molecule has 1 aromatic carbocycles. The number of imidazole rings is 1. The number of hydrogen-bond acceptors (Lipinski definition) is 6. The van der Waals surface area contributed by atoms with Crippen molar-refractivity contribution in [3.8, 4) is 11.7 Å². The molecule has 0 radical (unpaired) electrons. The van der Waals surface area contributed by atoms with E-state index in [0.717, 1.165) is 21.2 Å². The predicted octanol–water partition coefficient (Wildman–Crippen LogP) is 4.99. The second-order valence-electron chi connectivity index (χ2n) is 6.64. The number of sulfone groups is 1. The maximum Gasteiger partial charge on any atom is 0.263 e. The Kier molecular flexibility index (Phi) is 5.42. The normalized spacial score (nSPS) is 14.6. The van der Waals surface area contributed by atoms with Crippen LogP contribution in [-0.4, -0.2) is 29.2 Å². The Labute approximate surface area is 178 Å². The van der Waals surface area contributed by atoms with E-state index < -0.39 is 9.84 Å². The molecule has 0 bridgehead atoms. The average Bonchev–Trinajstić information content (AvgIpc) is 3.32. The van der Waals surface area contributed by atoms with Crippen molar-refractivity contribution in [2.45, 2.75) is 22.8 Å². The van der Waals surface area contributed by atoms with Crippen molar-refractivity contribution in [2.24, 2.45) is 7.05 Å². The van der Waals surface area contributed by atoms with E-state index >= 15 is 0 Å². The quantitative estimate of drug-likeness (QED) is 0.548. The summed E-state index contributed by atoms with van der Waals surface area (Å²) in [6, 6.07) is 7.59. The van der Waals surface area contributed by atoms with Gasteiger partial charge >= 0.3 is 0 Å². The van der Waals surface area contributed by atoms with Gasteiger partial charge in [-0.2, -0.15) is 0 Å². The van der Waals surface area contributed by atoms with Gasteiger partial charge in [-0.15, -0.1) is 0 Å². The van der Waals surface area contributed by atoms with Crippen LogP contribution >= 0.6 is 23.4 Å². The Hall–Kier alpha value is -2.29. The number of nitrogens with zero attached hydrogens (tertiary/aromatic N) is 3. The number of allylic oxidation sites excluding steroid dienone is 4. The summed E-state index contributed by atoms with van der Waals surface area (Å²) in [5.74, 6) is 1.04. The number of aromatic nitrogens is 3. The van der Waals surface area contributed by atoms with Gasteiger partial charge in [-0.05, 0) is 48.8 Å². The minimum Gasteiger partial charge on any atom is -0.442 e. The highest BCUT2D eigenvalue weighted by atomic mass is 35.5. The number of hydrogen-bond donors (Lipinski definition) is 0. The van der Waals surface area contributed by atoms with Crippen LogP contribution < -0.4 is 0 Å². The fourth-order valence-corrected chi connectivity index (χ4v) is 4.98. The Morgan fingerprint density at radius 1 is 1.17 bits per heavy atom. The molecule has 0 spiro atoms. The van der Waals surface area contributed by atoms with Gasteiger partial charge in [0.2, 0.25) is 0 Å². The topological polar surface area (TPSA) is 78.0 Å². The minimum absolute atomic E-state index is 0.431. The molecule has 0 fully saturated rings. The predicted molar refractivity (Wildman–Crippen MR) is 114 cm³/mol. The molecule has 1 aliphatic rings. The monoisotopic (exact) mass is 447 g/mol. The first-order valence-electron chi connectivity index (χ1n) is 8.83. The van der Waals surface area contributed by atoms with E-state index in [1.807, 2.05) is 42.0 Å². The lowest BCUT2D eigenvalue weighted by molar-refractivity contribution is 0.564. The van der Waals surface area contributed by atoms with Crippen molar-refractivity contribution < 1.29 is 12.8 Å². The fraction of sp³-hybridized carbons (Fsp3) is 0.200. The fourth-order valence-electron chi connectivity index (χ4n) is 3.07. The first-order valence-corrected chi connectivity index (χ1v) is 11.9. The van der Waals surface area contributed by atoms with Crippen LogP contribution in [0.15, 0.2) is 68.1 Å². The van der Waals surface area contributed by atoms with Gasteiger partial charge in [0.25, 0.3) is 5.89 Å². The van der Waals surface area contributed by atoms with Gasteiger partial charge in [0.05, 0.1) is 11.9 Å². The van der Waals surface area contributed by atoms with Gasteiger partial charge in [-0.25, -0.2) is 18.4 Å². The Balaban J connectivity index is 1.80. The molecule has 0 atom stereocenters. The molecule has 1 aliphatic carbocycles. The highest BCUT2D eigenvalue weighted by molar-refractivity contribution is 7.99. The molecular formula is C20H18ClN3O3S2. The smallest absolute Gasteiger partial charge is 0.263 e. The van der Waals surface area contributed by atoms with Crippen LogP contribution in [0.5, 0.6) is 0 Å². The molecule has 3 aromatic rings. The van der Waals surface area contributed by atoms with Crippen molar-refractivity contribution in [1.29, 1.82) is 0 Å². The zero-order chi connectivity index (χ0) is 20.6. The molecule has 2 heterocycles. The number of rotatable bonds is 5. The van der Waals surface area contributed by atoms with Gasteiger partial charge < -0.3 is 8.98 Å². The van der Waals surface area contributed by atoms with E-state index in [9.17, 15) is 8.42 Å². The Morgan fingerprint density at radius 3 is 2.52 bits per heavy atom. The summed E-state index contributed by atoms with van der Waals surface area (Å²) in [6.45, 7) is 0. The maximum absolute atomic E-state index is 11.8. The van der Waals surface area contributed by atoms with Crippen molar-refractivity contribution in [3.05, 3.63) is 64.5 Å². The zero-order valence-corrected chi connectivity index (χ0v) is 18.2. The van der Waals surface area contributed by atoms with Gasteiger partial charge in [0.1, 0.15) is 11.3 Å². The standard InChI is InChI=1S/C20H18ClN3O3S2/c1-24-18(19-22-11-12-27-19)23-17(13-3-9-16(10-4-13)29(2,25)26)20(24)28-15-7-5-14(21)6-8-15/h3,5-9,11-12H,4,10H2,1-2H3. The van der Waals surface area contributed by atoms with Crippen molar-refractivity contribution >= 4 is 38.8 Å². The van der Waals surface area contributed by atoms with E-state index in [1.54, 1.807) is 24.0 Å². The number of oxazole rings is 1. The van der Waals surface area contributed by atoms with Crippen LogP contribution in [0.3, 0.4) is 0 Å². The van der Waals surface area contributed by atoms with Crippen LogP contribution in [0.4, 0.5) is 0 Å². The molecule has 0 amide bonds. The molecule has 29 heavy (non-hydrogen) atoms. The lowest BCUT2D eigenvalue weighted by atomic mass is 10.0. The summed E-state index contributed by atoms with van der Waals surface area (Å²) in [5.41, 5.74) is 1.77. The molecule has 0 unspecified atom stereocenters. The van der Waals surface area contributed by atoms with E-state index in [2.05, 4.69) is 4.98 Å². The first-order chi connectivity index (χ1) is 13.8. The largest absolute Gasteiger partial charge is 0.442 e. The van der Waals surface area contributed by atoms with Crippen molar-refractivity contribution in [1.82, 2.24) is 14.5 Å². The van der Waals surface area contributed by atoms with E-state index in [1.165, 1.54) is 12.5 Å². The van der Waals surface area contributed by atoms with E-state index in [4.69, 9.17) is 21.0 Å². The molecule has 0 aliphatic heterocycles. The lowest BCUT2D eigenvalue weighted by Crippen LogP contribution is -2.04. The molecule has 4 rings (SSSR count). The maximum atomic E-state index is 11.8. The van der Waals surface area contributed by atoms with E-state index in [0.29, 0.717) is 34.5 Å². The molecule has 9 heteroatoms. The third-order valence-corrected chi connectivity index (χ3v) is 7.30. The van der Waals surface area contributed by atoms with Gasteiger partial charge in [0, 0.05) is 28.1 Å². The van der Waals surface area contributed by atoms with Crippen LogP contribution in [-0.2, 0) is 16.9 Å². The third-order valence-electron chi connectivity index (χ3n) is 4.59. The second-order valence-corrected chi connectivity index (χ2v) is 10.2. The third kappa shape index (κ3) is 4.19. The number of halogens is 1. The summed E-state index contributed by atoms with van der Waals surface area (Å²) >= 11 is 7.57. The average molecular weight is 448 g/mol. The Bertz CT molecular complexity index is 1210. The highest BCUT2D eigenvalue weighted by Crippen LogP contribution is 2.39. The summed E-state index contributed by atoms with van der Waals surface area (Å²) in [6.07, 6.45) is 8.89. The minimum atomic E-state index is -3.18. The summed E-state index contributed by atoms with van der Waals surface area (Å²) in [4.78, 5) is 10.5. The van der Waals surface area contributed by atoms with Crippen LogP contribution in [0.1, 0.15) is 18.5 Å². The molecular weight excluding hydrogens is 430 g/mol. The molecule has 6 nitrogen and oxygen atoms in total. The summed E-state index contributed by atoms with van der Waals surface area (Å²) < 4.78 is 31.0. The van der Waals surface area contributed by atoms with Crippen LogP contribution in [0.25, 0.3) is 17.3 Å². The molecule has 0 saturated heterocycles. The molecule has 0 saturated carbocycles. The van der Waals surface area contributed by atoms with Crippen LogP contribution in [0.2, 0.25) is 5.02 Å². The molecule has 0 N–H and O–H groups in total. The summed E-state index contributed by atoms with van der Waals surface area (Å²) in [5, 5.41) is 1.59. The van der Waals surface area contributed by atoms with Crippen molar-refractivity contribution in [3.63, 3.8) is 0 Å². The second kappa shape index (κ2) is 7.85. The highest BCUT2D eigenvalue weighted by Gasteiger charge is 2.24. The molecule has 2 aromatic heterocycles. The number of benzene rings is 1. The van der Waals surface area contributed by atoms with Gasteiger partial charge in [0.15, 0.2) is 15.7 Å². The summed E-state index contributed by atoms with van der Waals surface area (Å²) in [7, 11) is -1.27.